The van der Waals surface area contributed by atoms with E-state index in [0.29, 0.717) is 5.56 Å². The number of nitrogens with one attached hydrogen (secondary N) is 1. The third-order valence-electron chi connectivity index (χ3n) is 2.98. The summed E-state index contributed by atoms with van der Waals surface area (Å²) < 4.78 is 46.7. The summed E-state index contributed by atoms with van der Waals surface area (Å²) in [6, 6.07) is 11.0. The van der Waals surface area contributed by atoms with Crippen LogP contribution in [0, 0.1) is 5.82 Å². The van der Waals surface area contributed by atoms with Crippen molar-refractivity contribution in [2.24, 2.45) is 0 Å². The highest BCUT2D eigenvalue weighted by molar-refractivity contribution is 5.94. The molecule has 8 heteroatoms. The maximum absolute atomic E-state index is 13.0. The fourth-order valence-electron chi connectivity index (χ4n) is 1.97. The third-order valence-corrected chi connectivity index (χ3v) is 2.98. The van der Waals surface area contributed by atoms with E-state index in [4.69, 9.17) is 4.74 Å². The SMILES string of the molecule is O=C(COC(=O)Cc1cccc(F)c1)Nc1ccccc1OC(F)F. The number of ether oxygens (including phenoxy) is 2. The van der Waals surface area contributed by atoms with E-state index in [2.05, 4.69) is 10.1 Å². The molecule has 0 atom stereocenters. The van der Waals surface area contributed by atoms with Crippen molar-refractivity contribution in [2.45, 2.75) is 13.0 Å². The van der Waals surface area contributed by atoms with Gasteiger partial charge in [0.05, 0.1) is 12.1 Å². The molecule has 2 rings (SSSR count). The number of esters is 1. The van der Waals surface area contributed by atoms with Gasteiger partial charge in [-0.25, -0.2) is 4.39 Å². The Kier molecular flexibility index (Phi) is 6.39. The van der Waals surface area contributed by atoms with E-state index in [9.17, 15) is 22.8 Å². The number of hydrogen-bond acceptors (Lipinski definition) is 4. The molecule has 0 fully saturated rings. The largest absolute Gasteiger partial charge is 0.455 e. The van der Waals surface area contributed by atoms with Gasteiger partial charge in [-0.15, -0.1) is 0 Å². The molecule has 0 aliphatic carbocycles. The Bertz CT molecular complexity index is 752. The van der Waals surface area contributed by atoms with Gasteiger partial charge in [-0.3, -0.25) is 9.59 Å². The monoisotopic (exact) mass is 353 g/mol. The minimum atomic E-state index is -3.04. The van der Waals surface area contributed by atoms with Crippen LogP contribution in [0.1, 0.15) is 5.56 Å². The first-order valence-electron chi connectivity index (χ1n) is 7.18. The highest BCUT2D eigenvalue weighted by Gasteiger charge is 2.13. The van der Waals surface area contributed by atoms with Crippen LogP contribution in [0.25, 0.3) is 0 Å². The highest BCUT2D eigenvalue weighted by atomic mass is 19.3. The van der Waals surface area contributed by atoms with E-state index in [1.807, 2.05) is 0 Å². The van der Waals surface area contributed by atoms with E-state index >= 15 is 0 Å². The molecule has 0 spiro atoms. The Hall–Kier alpha value is -3.03. The lowest BCUT2D eigenvalue weighted by atomic mass is 10.1. The fourth-order valence-corrected chi connectivity index (χ4v) is 1.97. The molecule has 0 bridgehead atoms. The zero-order valence-corrected chi connectivity index (χ0v) is 12.9. The number of benzene rings is 2. The van der Waals surface area contributed by atoms with Crippen molar-refractivity contribution in [1.82, 2.24) is 0 Å². The second kappa shape index (κ2) is 8.72. The lowest BCUT2D eigenvalue weighted by Gasteiger charge is -2.11. The molecule has 25 heavy (non-hydrogen) atoms. The number of carbonyl (C=O) groups excluding carboxylic acids is 2. The van der Waals surface area contributed by atoms with Gasteiger partial charge in [0.2, 0.25) is 0 Å². The second-order valence-electron chi connectivity index (χ2n) is 4.89. The van der Waals surface area contributed by atoms with Crippen molar-refractivity contribution in [3.63, 3.8) is 0 Å². The molecule has 0 aliphatic rings. The lowest BCUT2D eigenvalue weighted by molar-refractivity contribution is -0.146. The number of alkyl halides is 2. The van der Waals surface area contributed by atoms with Crippen LogP contribution in [0.5, 0.6) is 5.75 Å². The molecule has 0 saturated carbocycles. The molecule has 5 nitrogen and oxygen atoms in total. The van der Waals surface area contributed by atoms with Gasteiger partial charge in [-0.1, -0.05) is 24.3 Å². The summed E-state index contributed by atoms with van der Waals surface area (Å²) in [5.41, 5.74) is 0.426. The normalized spacial score (nSPS) is 10.4. The van der Waals surface area contributed by atoms with E-state index in [0.717, 1.165) is 0 Å². The minimum Gasteiger partial charge on any atom is -0.455 e. The van der Waals surface area contributed by atoms with Crippen LogP contribution in [0.4, 0.5) is 18.9 Å². The van der Waals surface area contributed by atoms with Crippen LogP contribution in [-0.4, -0.2) is 25.1 Å². The smallest absolute Gasteiger partial charge is 0.387 e. The topological polar surface area (TPSA) is 64.6 Å². The van der Waals surface area contributed by atoms with Gasteiger partial charge in [-0.2, -0.15) is 8.78 Å². The second-order valence-corrected chi connectivity index (χ2v) is 4.89. The van der Waals surface area contributed by atoms with Crippen LogP contribution in [-0.2, 0) is 20.7 Å². The van der Waals surface area contributed by atoms with E-state index in [1.165, 1.54) is 42.5 Å². The Morgan fingerprint density at radius 1 is 1.08 bits per heavy atom. The standard InChI is InChI=1S/C17H14F3NO4/c18-12-5-3-4-11(8-12)9-16(23)24-10-15(22)21-13-6-1-2-7-14(13)25-17(19)20/h1-8,17H,9-10H2,(H,21,22). The number of anilines is 1. The van der Waals surface area contributed by atoms with Crippen molar-refractivity contribution in [3.8, 4) is 5.75 Å². The van der Waals surface area contributed by atoms with Gasteiger partial charge < -0.3 is 14.8 Å². The van der Waals surface area contributed by atoms with Crippen LogP contribution in [0.3, 0.4) is 0 Å². The molecule has 132 valence electrons. The zero-order chi connectivity index (χ0) is 18.2. The number of halogens is 3. The summed E-state index contributed by atoms with van der Waals surface area (Å²) in [7, 11) is 0. The first-order chi connectivity index (χ1) is 11.9. The van der Waals surface area contributed by atoms with E-state index in [1.54, 1.807) is 6.07 Å². The predicted octanol–water partition coefficient (Wildman–Crippen LogP) is 3.15. The lowest BCUT2D eigenvalue weighted by Crippen LogP contribution is -2.22. The molecule has 2 aromatic carbocycles. The van der Waals surface area contributed by atoms with Gasteiger partial charge in [0, 0.05) is 0 Å². The molecule has 0 unspecified atom stereocenters. The summed E-state index contributed by atoms with van der Waals surface area (Å²) in [5.74, 6) is -2.15. The predicted molar refractivity (Wildman–Crippen MR) is 82.8 cm³/mol. The Labute approximate surface area is 141 Å². The van der Waals surface area contributed by atoms with Crippen LogP contribution < -0.4 is 10.1 Å². The number of para-hydroxylation sites is 2. The summed E-state index contributed by atoms with van der Waals surface area (Å²) in [6.07, 6.45) is -0.198. The number of amides is 1. The van der Waals surface area contributed by atoms with Crippen molar-refractivity contribution in [3.05, 3.63) is 59.9 Å². The Morgan fingerprint density at radius 2 is 1.84 bits per heavy atom. The van der Waals surface area contributed by atoms with E-state index in [-0.39, 0.29) is 17.9 Å². The molecule has 0 aromatic heterocycles. The fraction of sp³-hybridized carbons (Fsp3) is 0.176. The van der Waals surface area contributed by atoms with Crippen LogP contribution in [0.15, 0.2) is 48.5 Å². The Morgan fingerprint density at radius 3 is 2.56 bits per heavy atom. The van der Waals surface area contributed by atoms with Gasteiger partial charge in [0.15, 0.2) is 6.61 Å². The summed E-state index contributed by atoms with van der Waals surface area (Å²) in [6.45, 7) is -3.65. The molecule has 0 heterocycles. The van der Waals surface area contributed by atoms with Crippen LogP contribution >= 0.6 is 0 Å². The van der Waals surface area contributed by atoms with E-state index < -0.39 is 30.9 Å². The number of carbonyl (C=O) groups is 2. The maximum atomic E-state index is 13.0. The maximum Gasteiger partial charge on any atom is 0.387 e. The molecule has 0 saturated heterocycles. The van der Waals surface area contributed by atoms with Gasteiger partial charge in [0.25, 0.3) is 5.91 Å². The zero-order valence-electron chi connectivity index (χ0n) is 12.9. The summed E-state index contributed by atoms with van der Waals surface area (Å²) in [4.78, 5) is 23.4. The first-order valence-corrected chi connectivity index (χ1v) is 7.18. The number of hydrogen-bond donors (Lipinski definition) is 1. The van der Waals surface area contributed by atoms with Crippen molar-refractivity contribution in [2.75, 3.05) is 11.9 Å². The minimum absolute atomic E-state index is 0.0222. The summed E-state index contributed by atoms with van der Waals surface area (Å²) >= 11 is 0. The molecule has 2 aromatic rings. The first kappa shape index (κ1) is 18.3. The van der Waals surface area contributed by atoms with Gasteiger partial charge in [-0.05, 0) is 29.8 Å². The molecule has 1 amide bonds. The third kappa shape index (κ3) is 6.17. The van der Waals surface area contributed by atoms with Gasteiger partial charge >= 0.3 is 12.6 Å². The molecular weight excluding hydrogens is 339 g/mol. The van der Waals surface area contributed by atoms with Gasteiger partial charge in [0.1, 0.15) is 11.6 Å². The highest BCUT2D eigenvalue weighted by Crippen LogP contribution is 2.25. The Balaban J connectivity index is 1.85. The van der Waals surface area contributed by atoms with Crippen LogP contribution in [0.2, 0.25) is 0 Å². The number of rotatable bonds is 7. The van der Waals surface area contributed by atoms with Crippen molar-refractivity contribution >= 4 is 17.6 Å². The molecular formula is C17H14F3NO4. The quantitative estimate of drug-likeness (QED) is 0.777. The molecule has 0 radical (unpaired) electrons. The van der Waals surface area contributed by atoms with Crippen molar-refractivity contribution in [1.29, 1.82) is 0 Å². The molecule has 0 aliphatic heterocycles. The average molecular weight is 353 g/mol. The van der Waals surface area contributed by atoms with Crippen molar-refractivity contribution < 1.29 is 32.2 Å². The average Bonchev–Trinajstić information content (AvgIpc) is 2.54. The summed E-state index contributed by atoms with van der Waals surface area (Å²) in [5, 5.41) is 2.31. The molecule has 1 N–H and O–H groups in total.